The van der Waals surface area contributed by atoms with Crippen molar-refractivity contribution in [3.8, 4) is 11.4 Å². The van der Waals surface area contributed by atoms with Gasteiger partial charge in [-0.3, -0.25) is 9.10 Å². The first-order chi connectivity index (χ1) is 18.6. The molecule has 0 atom stereocenters. The molecule has 0 bridgehead atoms. The Kier molecular flexibility index (Phi) is 8.64. The van der Waals surface area contributed by atoms with Gasteiger partial charge in [0.05, 0.1) is 39.6 Å². The summed E-state index contributed by atoms with van der Waals surface area (Å²) < 4.78 is 35.1. The molecule has 39 heavy (non-hydrogen) atoms. The lowest BCUT2D eigenvalue weighted by atomic mass is 10.2. The summed E-state index contributed by atoms with van der Waals surface area (Å²) in [5.74, 6) is -0.265. The lowest BCUT2D eigenvalue weighted by molar-refractivity contribution is -0.119. The van der Waals surface area contributed by atoms with Gasteiger partial charge in [0.2, 0.25) is 0 Å². The van der Waals surface area contributed by atoms with Crippen LogP contribution in [0.1, 0.15) is 17.0 Å². The minimum absolute atomic E-state index is 0.0280. The second-order valence-electron chi connectivity index (χ2n) is 8.55. The van der Waals surface area contributed by atoms with Crippen LogP contribution in [-0.2, 0) is 14.8 Å². The predicted octanol–water partition coefficient (Wildman–Crippen LogP) is 5.76. The van der Waals surface area contributed by atoms with Crippen molar-refractivity contribution < 1.29 is 17.9 Å². The number of amides is 1. The number of benzene rings is 3. The van der Waals surface area contributed by atoms with Gasteiger partial charge < -0.3 is 9.30 Å². The fourth-order valence-electron chi connectivity index (χ4n) is 4.11. The van der Waals surface area contributed by atoms with E-state index < -0.39 is 22.5 Å². The zero-order valence-corrected chi connectivity index (χ0v) is 23.8. The standard InChI is InChI=1S/C28H26Cl2N4O4S/c1-19-15-21(20(2)34(19)26-12-8-7-11-24(26)29)17-31-32-28(35)18-33(22-13-14-27(38-3)25(30)16-22)39(36,37)23-9-5-4-6-10-23/h4-17H,18H2,1-3H3,(H,32,35)/b31-17+. The Labute approximate surface area is 237 Å². The van der Waals surface area contributed by atoms with Gasteiger partial charge in [-0.25, -0.2) is 13.8 Å². The maximum atomic E-state index is 13.5. The molecule has 0 aliphatic rings. The lowest BCUT2D eigenvalue weighted by Crippen LogP contribution is -2.39. The van der Waals surface area contributed by atoms with E-state index in [1.807, 2.05) is 48.7 Å². The Hall–Kier alpha value is -3.79. The number of ether oxygens (including phenoxy) is 1. The van der Waals surface area contributed by atoms with E-state index in [9.17, 15) is 13.2 Å². The molecule has 8 nitrogen and oxygen atoms in total. The van der Waals surface area contributed by atoms with Gasteiger partial charge in [0.25, 0.3) is 15.9 Å². The quantitative estimate of drug-likeness (QED) is 0.200. The first kappa shape index (κ1) is 28.2. The number of aromatic nitrogens is 1. The van der Waals surface area contributed by atoms with Gasteiger partial charge in [-0.05, 0) is 62.4 Å². The van der Waals surface area contributed by atoms with Crippen LogP contribution in [0.3, 0.4) is 0 Å². The number of halogens is 2. The number of methoxy groups -OCH3 is 1. The molecule has 0 unspecified atom stereocenters. The van der Waals surface area contributed by atoms with Gasteiger partial charge in [0.15, 0.2) is 0 Å². The number of nitrogens with one attached hydrogen (secondary N) is 1. The Balaban J connectivity index is 1.58. The van der Waals surface area contributed by atoms with Gasteiger partial charge in [0.1, 0.15) is 12.3 Å². The maximum Gasteiger partial charge on any atom is 0.264 e. The number of anilines is 1. The highest BCUT2D eigenvalue weighted by Gasteiger charge is 2.27. The molecule has 4 rings (SSSR count). The number of sulfonamides is 1. The summed E-state index contributed by atoms with van der Waals surface area (Å²) >= 11 is 12.6. The molecular formula is C28H26Cl2N4O4S. The number of para-hydroxylation sites is 1. The summed E-state index contributed by atoms with van der Waals surface area (Å²) in [4.78, 5) is 12.9. The normalized spacial score (nSPS) is 11.5. The van der Waals surface area contributed by atoms with Crippen molar-refractivity contribution in [1.82, 2.24) is 9.99 Å². The van der Waals surface area contributed by atoms with E-state index in [2.05, 4.69) is 10.5 Å². The third-order valence-electron chi connectivity index (χ3n) is 6.00. The minimum atomic E-state index is -4.10. The van der Waals surface area contributed by atoms with Gasteiger partial charge >= 0.3 is 0 Å². The molecule has 0 aliphatic carbocycles. The van der Waals surface area contributed by atoms with E-state index in [1.54, 1.807) is 18.2 Å². The zero-order valence-electron chi connectivity index (χ0n) is 21.4. The first-order valence-corrected chi connectivity index (χ1v) is 14.0. The smallest absolute Gasteiger partial charge is 0.264 e. The highest BCUT2D eigenvalue weighted by Crippen LogP contribution is 2.32. The summed E-state index contributed by atoms with van der Waals surface area (Å²) in [5.41, 5.74) is 6.04. The van der Waals surface area contributed by atoms with E-state index in [0.717, 1.165) is 26.9 Å². The number of nitrogens with zero attached hydrogens (tertiary/aromatic N) is 3. The molecule has 1 amide bonds. The maximum absolute atomic E-state index is 13.5. The van der Waals surface area contributed by atoms with Crippen molar-refractivity contribution in [3.05, 3.63) is 106 Å². The molecule has 0 spiro atoms. The molecule has 1 N–H and O–H groups in total. The number of hydrogen-bond donors (Lipinski definition) is 1. The third kappa shape index (κ3) is 6.11. The summed E-state index contributed by atoms with van der Waals surface area (Å²) in [6.07, 6.45) is 1.51. The predicted molar refractivity (Wildman–Crippen MR) is 155 cm³/mol. The number of carbonyl (C=O) groups excluding carboxylic acids is 1. The van der Waals surface area contributed by atoms with Crippen molar-refractivity contribution in [3.63, 3.8) is 0 Å². The highest BCUT2D eigenvalue weighted by atomic mass is 35.5. The monoisotopic (exact) mass is 584 g/mol. The average molecular weight is 586 g/mol. The molecule has 0 radical (unpaired) electrons. The molecule has 1 heterocycles. The van der Waals surface area contributed by atoms with Crippen molar-refractivity contribution in [2.45, 2.75) is 18.7 Å². The van der Waals surface area contributed by atoms with Gasteiger partial charge in [-0.1, -0.05) is 53.5 Å². The van der Waals surface area contributed by atoms with Crippen LogP contribution in [0.4, 0.5) is 5.69 Å². The topological polar surface area (TPSA) is 93.0 Å². The van der Waals surface area contributed by atoms with Crippen molar-refractivity contribution in [2.24, 2.45) is 5.10 Å². The highest BCUT2D eigenvalue weighted by molar-refractivity contribution is 7.92. The fraction of sp³-hybridized carbons (Fsp3) is 0.143. The van der Waals surface area contributed by atoms with Crippen LogP contribution < -0.4 is 14.5 Å². The molecule has 3 aromatic carbocycles. The second kappa shape index (κ2) is 11.9. The molecule has 0 fully saturated rings. The van der Waals surface area contributed by atoms with Crippen LogP contribution in [0.5, 0.6) is 5.75 Å². The Morgan fingerprint density at radius 3 is 2.36 bits per heavy atom. The summed E-state index contributed by atoms with van der Waals surface area (Å²) in [6, 6.07) is 21.7. The van der Waals surface area contributed by atoms with E-state index >= 15 is 0 Å². The Bertz CT molecular complexity index is 1640. The van der Waals surface area contributed by atoms with Crippen molar-refractivity contribution in [2.75, 3.05) is 18.0 Å². The van der Waals surface area contributed by atoms with E-state index in [4.69, 9.17) is 27.9 Å². The van der Waals surface area contributed by atoms with Gasteiger partial charge in [0, 0.05) is 17.0 Å². The largest absolute Gasteiger partial charge is 0.495 e. The van der Waals surface area contributed by atoms with Crippen LogP contribution in [0, 0.1) is 13.8 Å². The van der Waals surface area contributed by atoms with E-state index in [1.165, 1.54) is 43.7 Å². The molecule has 0 aliphatic heterocycles. The summed E-state index contributed by atoms with van der Waals surface area (Å²) in [7, 11) is -2.65. The van der Waals surface area contributed by atoms with Crippen molar-refractivity contribution >= 4 is 51.0 Å². The Morgan fingerprint density at radius 1 is 1.00 bits per heavy atom. The van der Waals surface area contributed by atoms with E-state index in [-0.39, 0.29) is 15.6 Å². The van der Waals surface area contributed by atoms with Gasteiger partial charge in [-0.15, -0.1) is 0 Å². The van der Waals surface area contributed by atoms with Crippen molar-refractivity contribution in [1.29, 1.82) is 0 Å². The molecule has 202 valence electrons. The summed E-state index contributed by atoms with van der Waals surface area (Å²) in [6.45, 7) is 3.33. The van der Waals surface area contributed by atoms with E-state index in [0.29, 0.717) is 10.8 Å². The SMILES string of the molecule is COc1ccc(N(CC(=O)N/N=C/c2cc(C)n(-c3ccccc3Cl)c2C)S(=O)(=O)c2ccccc2)cc1Cl. The molecular weight excluding hydrogens is 559 g/mol. The number of hydrogen-bond acceptors (Lipinski definition) is 5. The molecule has 11 heteroatoms. The van der Waals surface area contributed by atoms with Crippen LogP contribution in [0.25, 0.3) is 5.69 Å². The molecule has 0 saturated carbocycles. The van der Waals surface area contributed by atoms with Gasteiger partial charge in [-0.2, -0.15) is 5.10 Å². The number of rotatable bonds is 9. The lowest BCUT2D eigenvalue weighted by Gasteiger charge is -2.24. The number of carbonyl (C=O) groups is 1. The molecule has 1 aromatic heterocycles. The average Bonchev–Trinajstić information content (AvgIpc) is 3.20. The fourth-order valence-corrected chi connectivity index (χ4v) is 6.01. The Morgan fingerprint density at radius 2 is 1.69 bits per heavy atom. The molecule has 4 aromatic rings. The summed E-state index contributed by atoms with van der Waals surface area (Å²) in [5, 5.41) is 4.89. The molecule has 0 saturated heterocycles. The second-order valence-corrected chi connectivity index (χ2v) is 11.2. The van der Waals surface area contributed by atoms with Crippen LogP contribution >= 0.6 is 23.2 Å². The van der Waals surface area contributed by atoms with Crippen LogP contribution in [0.15, 0.2) is 88.9 Å². The third-order valence-corrected chi connectivity index (χ3v) is 8.40. The zero-order chi connectivity index (χ0) is 28.2. The van der Waals surface area contributed by atoms with Crippen LogP contribution in [-0.4, -0.2) is 38.8 Å². The number of aryl methyl sites for hydroxylation is 1. The minimum Gasteiger partial charge on any atom is -0.495 e. The first-order valence-electron chi connectivity index (χ1n) is 11.8. The van der Waals surface area contributed by atoms with Crippen LogP contribution in [0.2, 0.25) is 10.0 Å². The number of hydrazone groups is 1.